The van der Waals surface area contributed by atoms with E-state index in [1.54, 1.807) is 72.8 Å². The lowest BCUT2D eigenvalue weighted by Gasteiger charge is -2.20. The number of para-hydroxylation sites is 3. The number of benzene rings is 3. The van der Waals surface area contributed by atoms with E-state index in [9.17, 15) is 9.13 Å². The summed E-state index contributed by atoms with van der Waals surface area (Å²) in [5.41, 5.74) is 0.814. The first-order valence-corrected chi connectivity index (χ1v) is 11.5. The van der Waals surface area contributed by atoms with Gasteiger partial charge in [-0.3, -0.25) is 4.52 Å². The topological polar surface area (TPSA) is 71.1 Å². The SMILES string of the molecule is Cc1ccccc1O[PH](=O)OCP(=O)(Oc1ccccc1)Oc1ccccc1. The van der Waals surface area contributed by atoms with Crippen LogP contribution in [0.25, 0.3) is 0 Å². The molecular weight excluding hydrogens is 398 g/mol. The summed E-state index contributed by atoms with van der Waals surface area (Å²) < 4.78 is 47.1. The van der Waals surface area contributed by atoms with E-state index in [2.05, 4.69) is 0 Å². The van der Waals surface area contributed by atoms with Crippen molar-refractivity contribution in [2.24, 2.45) is 0 Å². The largest absolute Gasteiger partial charge is 0.456 e. The van der Waals surface area contributed by atoms with Gasteiger partial charge in [-0.05, 0) is 42.8 Å². The summed E-state index contributed by atoms with van der Waals surface area (Å²) in [5, 5.41) is 0. The summed E-state index contributed by atoms with van der Waals surface area (Å²) in [7, 11) is -6.77. The van der Waals surface area contributed by atoms with Gasteiger partial charge < -0.3 is 13.6 Å². The Hall–Kier alpha value is -2.52. The Morgan fingerprint density at radius 2 is 1.29 bits per heavy atom. The second-order valence-corrected chi connectivity index (χ2v) is 8.65. The molecule has 0 spiro atoms. The van der Waals surface area contributed by atoms with Gasteiger partial charge in [0.2, 0.25) is 0 Å². The van der Waals surface area contributed by atoms with Crippen LogP contribution in [0.15, 0.2) is 84.9 Å². The Balaban J connectivity index is 1.70. The van der Waals surface area contributed by atoms with Crippen LogP contribution >= 0.6 is 15.9 Å². The Kier molecular flexibility index (Phi) is 6.94. The van der Waals surface area contributed by atoms with Gasteiger partial charge in [0.05, 0.1) is 0 Å². The molecule has 0 aliphatic rings. The number of hydrogen-bond donors (Lipinski definition) is 0. The van der Waals surface area contributed by atoms with Crippen molar-refractivity contribution in [3.63, 3.8) is 0 Å². The second-order valence-electron chi connectivity index (χ2n) is 5.81. The van der Waals surface area contributed by atoms with Crippen LogP contribution in [0.4, 0.5) is 0 Å². The van der Waals surface area contributed by atoms with Crippen LogP contribution in [-0.2, 0) is 13.7 Å². The third-order valence-corrected chi connectivity index (χ3v) is 6.04. The maximum Gasteiger partial charge on any atom is 0.456 e. The molecule has 0 amide bonds. The molecule has 6 nitrogen and oxygen atoms in total. The predicted octanol–water partition coefficient (Wildman–Crippen LogP) is 6.09. The molecule has 0 saturated carbocycles. The van der Waals surface area contributed by atoms with Gasteiger partial charge in [-0.25, -0.2) is 9.13 Å². The minimum absolute atomic E-state index is 0.352. The third kappa shape index (κ3) is 6.00. The van der Waals surface area contributed by atoms with Gasteiger partial charge in [0.1, 0.15) is 17.2 Å². The van der Waals surface area contributed by atoms with Gasteiger partial charge in [-0.2, -0.15) is 0 Å². The standard InChI is InChI=1S/C20H20O6P2/c1-17-10-8-9-15-20(17)24-27(21)23-16-28(22,25-18-11-4-2-5-12-18)26-19-13-6-3-7-14-19/h2-15,27H,16H2,1H3. The molecule has 3 rings (SSSR count). The van der Waals surface area contributed by atoms with Crippen LogP contribution in [0.3, 0.4) is 0 Å². The highest BCUT2D eigenvalue weighted by atomic mass is 31.2. The molecule has 1 unspecified atom stereocenters. The molecule has 3 aromatic carbocycles. The fraction of sp³-hybridized carbons (Fsp3) is 0.100. The van der Waals surface area contributed by atoms with Crippen molar-refractivity contribution in [2.45, 2.75) is 6.92 Å². The lowest BCUT2D eigenvalue weighted by Crippen LogP contribution is -2.06. The van der Waals surface area contributed by atoms with E-state index in [-0.39, 0.29) is 0 Å². The van der Waals surface area contributed by atoms with E-state index in [1.165, 1.54) is 0 Å². The molecule has 0 N–H and O–H groups in total. The molecule has 0 bridgehead atoms. The van der Waals surface area contributed by atoms with Crippen molar-refractivity contribution in [2.75, 3.05) is 6.35 Å². The van der Waals surface area contributed by atoms with Crippen LogP contribution in [0.5, 0.6) is 17.2 Å². The van der Waals surface area contributed by atoms with E-state index in [0.717, 1.165) is 5.56 Å². The van der Waals surface area contributed by atoms with Crippen LogP contribution in [0, 0.1) is 6.92 Å². The molecule has 1 atom stereocenters. The van der Waals surface area contributed by atoms with Crippen molar-refractivity contribution in [1.82, 2.24) is 0 Å². The summed E-state index contributed by atoms with van der Waals surface area (Å²) in [6, 6.07) is 24.3. The van der Waals surface area contributed by atoms with Crippen LogP contribution in [0.2, 0.25) is 0 Å². The Morgan fingerprint density at radius 1 is 0.786 bits per heavy atom. The number of aryl methyl sites for hydroxylation is 1. The van der Waals surface area contributed by atoms with Crippen molar-refractivity contribution in [3.05, 3.63) is 90.5 Å². The maximum absolute atomic E-state index is 13.2. The molecule has 0 radical (unpaired) electrons. The first kappa shape index (κ1) is 20.2. The quantitative estimate of drug-likeness (QED) is 0.392. The van der Waals surface area contributed by atoms with Gasteiger partial charge in [-0.1, -0.05) is 54.6 Å². The van der Waals surface area contributed by atoms with Gasteiger partial charge in [0.25, 0.3) is 0 Å². The van der Waals surface area contributed by atoms with E-state index < -0.39 is 22.2 Å². The Labute approximate surface area is 164 Å². The fourth-order valence-electron chi connectivity index (χ4n) is 2.28. The van der Waals surface area contributed by atoms with Gasteiger partial charge >= 0.3 is 15.9 Å². The zero-order chi connectivity index (χ0) is 19.8. The lowest BCUT2D eigenvalue weighted by molar-refractivity contribution is 0.289. The molecule has 8 heteroatoms. The number of hydrogen-bond acceptors (Lipinski definition) is 6. The highest BCUT2D eigenvalue weighted by molar-refractivity contribution is 7.54. The van der Waals surface area contributed by atoms with Crippen molar-refractivity contribution >= 4 is 15.9 Å². The summed E-state index contributed by atoms with van der Waals surface area (Å²) in [6.45, 7) is 1.83. The first-order valence-electron chi connectivity index (χ1n) is 8.53. The van der Waals surface area contributed by atoms with E-state index in [1.807, 2.05) is 19.1 Å². The Bertz CT molecular complexity index is 917. The summed E-state index contributed by atoms with van der Waals surface area (Å²) >= 11 is 0. The van der Waals surface area contributed by atoms with Crippen LogP contribution in [-0.4, -0.2) is 6.35 Å². The normalized spacial score (nSPS) is 12.2. The van der Waals surface area contributed by atoms with Gasteiger partial charge in [-0.15, -0.1) is 0 Å². The number of rotatable bonds is 9. The van der Waals surface area contributed by atoms with E-state index >= 15 is 0 Å². The zero-order valence-corrected chi connectivity index (χ0v) is 17.1. The molecular formula is C20H20O6P2. The summed E-state index contributed by atoms with van der Waals surface area (Å²) in [5.74, 6) is 1.14. The molecule has 0 aliphatic carbocycles. The van der Waals surface area contributed by atoms with E-state index in [4.69, 9.17) is 18.1 Å². The summed E-state index contributed by atoms with van der Waals surface area (Å²) in [4.78, 5) is 0. The molecule has 0 aromatic heterocycles. The molecule has 0 aliphatic heterocycles. The Morgan fingerprint density at radius 3 is 1.82 bits per heavy atom. The smallest absolute Gasteiger partial charge is 0.426 e. The monoisotopic (exact) mass is 418 g/mol. The van der Waals surface area contributed by atoms with Crippen LogP contribution < -0.4 is 13.6 Å². The average molecular weight is 418 g/mol. The third-order valence-electron chi connectivity index (χ3n) is 3.60. The molecule has 0 saturated heterocycles. The summed E-state index contributed by atoms with van der Waals surface area (Å²) in [6.07, 6.45) is -0.527. The molecule has 146 valence electrons. The minimum Gasteiger partial charge on any atom is -0.426 e. The minimum atomic E-state index is -3.81. The average Bonchev–Trinajstić information content (AvgIpc) is 2.70. The van der Waals surface area contributed by atoms with Crippen molar-refractivity contribution < 1.29 is 27.2 Å². The highest BCUT2D eigenvalue weighted by Gasteiger charge is 2.30. The molecule has 0 heterocycles. The fourth-order valence-corrected chi connectivity index (χ4v) is 4.83. The predicted molar refractivity (Wildman–Crippen MR) is 109 cm³/mol. The zero-order valence-electron chi connectivity index (χ0n) is 15.2. The van der Waals surface area contributed by atoms with Crippen molar-refractivity contribution in [1.29, 1.82) is 0 Å². The second kappa shape index (κ2) is 9.61. The maximum atomic E-state index is 13.2. The van der Waals surface area contributed by atoms with Crippen LogP contribution in [0.1, 0.15) is 5.56 Å². The highest BCUT2D eigenvalue weighted by Crippen LogP contribution is 2.50. The first-order chi connectivity index (χ1) is 13.5. The van der Waals surface area contributed by atoms with Gasteiger partial charge in [0.15, 0.2) is 6.35 Å². The van der Waals surface area contributed by atoms with Gasteiger partial charge in [0, 0.05) is 0 Å². The molecule has 3 aromatic rings. The molecule has 28 heavy (non-hydrogen) atoms. The van der Waals surface area contributed by atoms with Crippen molar-refractivity contribution in [3.8, 4) is 17.2 Å². The molecule has 0 fully saturated rings. The lowest BCUT2D eigenvalue weighted by atomic mass is 10.2. The van der Waals surface area contributed by atoms with E-state index in [0.29, 0.717) is 17.2 Å².